The van der Waals surface area contributed by atoms with Crippen molar-refractivity contribution in [1.82, 2.24) is 19.9 Å². The minimum atomic E-state index is -8.10. The number of nitrogens with zero attached hydrogens (tertiary/aromatic N) is 4. The summed E-state index contributed by atoms with van der Waals surface area (Å²) >= 11 is 1.97. The fourth-order valence-corrected chi connectivity index (χ4v) is 6.67. The largest absolute Gasteiger partial charge is 2.00 e. The molecule has 0 unspecified atom stereocenters. The molecule has 19 heteroatoms. The van der Waals surface area contributed by atoms with Gasteiger partial charge in [-0.25, -0.2) is 9.97 Å². The average Bonchev–Trinajstić information content (AvgIpc) is 3.95. The van der Waals surface area contributed by atoms with Crippen molar-refractivity contribution in [3.05, 3.63) is 119 Å². The molecule has 0 atom stereocenters. The van der Waals surface area contributed by atoms with Crippen molar-refractivity contribution in [3.8, 4) is 22.3 Å². The summed E-state index contributed by atoms with van der Waals surface area (Å²) in [7, 11) is 0. The molecule has 0 aliphatic carbocycles. The molecule has 5 aromatic rings. The van der Waals surface area contributed by atoms with Gasteiger partial charge in [0, 0.05) is 3.58 Å². The average molecular weight is 970 g/mol. The third-order valence-corrected chi connectivity index (χ3v) is 9.75. The van der Waals surface area contributed by atoms with Gasteiger partial charge >= 0.3 is 55.3 Å². The molecule has 0 amide bonds. The maximum absolute atomic E-state index is 16.4. The number of benzene rings is 2. The summed E-state index contributed by atoms with van der Waals surface area (Å²) in [6.07, 6.45) is -2.92. The number of alkyl halides is 13. The SMILES string of the molecule is FC(F)(F)C(F)(F)C(F)(F)C(F)(F)C(F)(F)C(F)(F)c1c2ccc([n-]2)c(-c2ccccc2)c2nc(cc3nc(c(-c4ccccc4)c4ccc1[n-]4)C=C3I)C=C2.[Zn+2]. The quantitative estimate of drug-likeness (QED) is 0.0909. The van der Waals surface area contributed by atoms with Crippen LogP contribution < -0.4 is 9.97 Å². The number of hydrogen-bond acceptors (Lipinski definition) is 2. The summed E-state index contributed by atoms with van der Waals surface area (Å²) in [6, 6.07) is 20.6. The van der Waals surface area contributed by atoms with Crippen LogP contribution in [-0.2, 0) is 25.4 Å². The second-order valence-corrected chi connectivity index (χ2v) is 13.6. The van der Waals surface area contributed by atoms with E-state index in [1.165, 1.54) is 18.2 Å². The molecule has 0 saturated carbocycles. The first-order valence-electron chi connectivity index (χ1n) is 15.9. The van der Waals surface area contributed by atoms with Gasteiger partial charge in [0.2, 0.25) is 0 Å². The van der Waals surface area contributed by atoms with E-state index >= 15 is 26.3 Å². The monoisotopic (exact) mass is 968 g/mol. The van der Waals surface area contributed by atoms with E-state index in [0.29, 0.717) is 38.2 Å². The van der Waals surface area contributed by atoms with E-state index in [0.717, 1.165) is 12.1 Å². The molecule has 4 nitrogen and oxygen atoms in total. The number of fused-ring (bicyclic) bond motifs is 8. The van der Waals surface area contributed by atoms with Gasteiger partial charge in [-0.1, -0.05) is 84.9 Å². The van der Waals surface area contributed by atoms with Crippen molar-refractivity contribution < 1.29 is 76.6 Å². The van der Waals surface area contributed by atoms with Gasteiger partial charge < -0.3 is 9.97 Å². The fourth-order valence-electron chi connectivity index (χ4n) is 6.10. The third-order valence-electron chi connectivity index (χ3n) is 8.88. The van der Waals surface area contributed by atoms with Crippen LogP contribution in [0.2, 0.25) is 0 Å². The Morgan fingerprint density at radius 3 is 1.44 bits per heavy atom. The predicted molar refractivity (Wildman–Crippen MR) is 190 cm³/mol. The molecule has 57 heavy (non-hydrogen) atoms. The zero-order chi connectivity index (χ0) is 40.6. The van der Waals surface area contributed by atoms with E-state index < -0.39 is 52.4 Å². The molecule has 0 N–H and O–H groups in total. The van der Waals surface area contributed by atoms with Crippen LogP contribution in [0.25, 0.3) is 66.1 Å². The van der Waals surface area contributed by atoms with Crippen LogP contribution >= 0.6 is 22.6 Å². The summed E-state index contributed by atoms with van der Waals surface area (Å²) in [4.78, 5) is 17.3. The Balaban J connectivity index is 0.00000549. The van der Waals surface area contributed by atoms with E-state index in [-0.39, 0.29) is 53.0 Å². The molecule has 8 bridgehead atoms. The van der Waals surface area contributed by atoms with Crippen LogP contribution in [0.15, 0.2) is 91.0 Å². The van der Waals surface area contributed by atoms with Crippen LogP contribution in [0, 0.1) is 0 Å². The van der Waals surface area contributed by atoms with Crippen LogP contribution in [-0.4, -0.2) is 39.8 Å². The van der Waals surface area contributed by atoms with Gasteiger partial charge in [0.25, 0.3) is 0 Å². The molecule has 0 radical (unpaired) electrons. The van der Waals surface area contributed by atoms with Crippen molar-refractivity contribution >= 4 is 66.5 Å². The Hall–Kier alpha value is -4.52. The number of hydrogen-bond donors (Lipinski definition) is 0. The van der Waals surface area contributed by atoms with Crippen LogP contribution in [0.1, 0.15) is 28.3 Å². The van der Waals surface area contributed by atoms with Crippen LogP contribution in [0.4, 0.5) is 57.1 Å². The minimum Gasteiger partial charge on any atom is -0.657 e. The smallest absolute Gasteiger partial charge is 0.657 e. The van der Waals surface area contributed by atoms with Gasteiger partial charge in [-0.15, -0.1) is 22.1 Å². The Kier molecular flexibility index (Phi) is 10.6. The molecule has 5 heterocycles. The first-order chi connectivity index (χ1) is 26.1. The first kappa shape index (κ1) is 42.1. The zero-order valence-corrected chi connectivity index (χ0v) is 33.3. The van der Waals surface area contributed by atoms with Crippen LogP contribution in [0.5, 0.6) is 0 Å². The maximum atomic E-state index is 16.4. The molecule has 3 aromatic heterocycles. The van der Waals surface area contributed by atoms with E-state index in [9.17, 15) is 30.7 Å². The van der Waals surface area contributed by atoms with Gasteiger partial charge in [-0.05, 0) is 74.7 Å². The van der Waals surface area contributed by atoms with Crippen molar-refractivity contribution in [2.24, 2.45) is 0 Å². The summed E-state index contributed by atoms with van der Waals surface area (Å²) in [6.45, 7) is 0. The summed E-state index contributed by atoms with van der Waals surface area (Å²) in [5.74, 6) is -38.4. The molecular formula is C38H18F13IN4Zn. The number of rotatable bonds is 7. The minimum absolute atomic E-state index is 0. The molecule has 0 spiro atoms. The van der Waals surface area contributed by atoms with Gasteiger partial charge in [0.1, 0.15) is 0 Å². The van der Waals surface area contributed by atoms with Crippen molar-refractivity contribution in [2.45, 2.75) is 35.8 Å². The first-order valence-corrected chi connectivity index (χ1v) is 17.0. The molecule has 0 saturated heterocycles. The predicted octanol–water partition coefficient (Wildman–Crippen LogP) is 12.2. The molecular weight excluding hydrogens is 952 g/mol. The third kappa shape index (κ3) is 6.67. The number of aromatic nitrogens is 4. The normalized spacial score (nSPS) is 14.0. The molecule has 0 fully saturated rings. The Morgan fingerprint density at radius 2 is 0.947 bits per heavy atom. The molecule has 2 aliphatic heterocycles. The van der Waals surface area contributed by atoms with E-state index in [2.05, 4.69) is 19.9 Å². The van der Waals surface area contributed by atoms with Gasteiger partial charge in [-0.2, -0.15) is 57.1 Å². The maximum Gasteiger partial charge on any atom is 2.00 e. The van der Waals surface area contributed by atoms with Crippen molar-refractivity contribution in [2.75, 3.05) is 0 Å². The summed E-state index contributed by atoms with van der Waals surface area (Å²) in [5.41, 5.74) is -3.54. The zero-order valence-electron chi connectivity index (χ0n) is 28.2. The van der Waals surface area contributed by atoms with Crippen LogP contribution in [0.3, 0.4) is 0 Å². The second kappa shape index (κ2) is 14.4. The van der Waals surface area contributed by atoms with Crippen molar-refractivity contribution in [1.29, 1.82) is 0 Å². The summed E-state index contributed by atoms with van der Waals surface area (Å²) in [5, 5.41) is 0. The topological polar surface area (TPSA) is 54.0 Å². The van der Waals surface area contributed by atoms with E-state index in [1.54, 1.807) is 66.7 Å². The fraction of sp³-hybridized carbons (Fsp3) is 0.158. The molecule has 290 valence electrons. The van der Waals surface area contributed by atoms with E-state index in [1.807, 2.05) is 22.6 Å². The standard InChI is InChI=1S/C38H18F13IN4.Zn/c39-33(40,34(41,42)35(43,44)36(45,46)37(47,48)38(49,50)51)32-26-15-13-24(54-26)30(19-7-3-1-4-8-19)23-12-11-21(53-23)17-28-22(52)18-29(56-28)31(20-9-5-2-6-10-20)25-14-16-27(32)55-25;/h1-18H;/q-2;+2. The Bertz CT molecular complexity index is 2580. The molecule has 2 aliphatic rings. The van der Waals surface area contributed by atoms with Gasteiger partial charge in [0.05, 0.1) is 22.8 Å². The summed E-state index contributed by atoms with van der Waals surface area (Å²) < 4.78 is 190. The molecule has 2 aromatic carbocycles. The Labute approximate surface area is 338 Å². The van der Waals surface area contributed by atoms with Gasteiger partial charge in [0.15, 0.2) is 0 Å². The molecule has 7 rings (SSSR count). The second-order valence-electron chi connectivity index (χ2n) is 12.4. The van der Waals surface area contributed by atoms with E-state index in [4.69, 9.17) is 0 Å². The van der Waals surface area contributed by atoms with Gasteiger partial charge in [-0.3, -0.25) is 0 Å². The number of halogens is 14. The Morgan fingerprint density at radius 1 is 0.491 bits per heavy atom. The van der Waals surface area contributed by atoms with Crippen molar-refractivity contribution in [3.63, 3.8) is 0 Å².